The second-order valence-electron chi connectivity index (χ2n) is 5.11. The molecule has 0 saturated heterocycles. The maximum atomic E-state index is 11.7. The van der Waals surface area contributed by atoms with E-state index in [-0.39, 0.29) is 5.41 Å². The number of benzene rings is 1. The van der Waals surface area contributed by atoms with E-state index in [2.05, 4.69) is 37.2 Å². The zero-order chi connectivity index (χ0) is 13.6. The zero-order valence-corrected chi connectivity index (χ0v) is 13.4. The van der Waals surface area contributed by atoms with Crippen molar-refractivity contribution in [2.75, 3.05) is 13.6 Å². The Labute approximate surface area is 123 Å². The van der Waals surface area contributed by atoms with Gasteiger partial charge in [-0.05, 0) is 63.0 Å². The summed E-state index contributed by atoms with van der Waals surface area (Å²) in [6.45, 7) is 2.72. The lowest BCUT2D eigenvalue weighted by molar-refractivity contribution is -0.141. The third-order valence-electron chi connectivity index (χ3n) is 3.91. The lowest BCUT2D eigenvalue weighted by atomic mass is 9.87. The Morgan fingerprint density at radius 1 is 1.44 bits per heavy atom. The van der Waals surface area contributed by atoms with Crippen LogP contribution in [0.2, 0.25) is 0 Å². The van der Waals surface area contributed by atoms with E-state index in [0.29, 0.717) is 13.0 Å². The molecule has 18 heavy (non-hydrogen) atoms. The fourth-order valence-electron chi connectivity index (χ4n) is 2.81. The first-order valence-corrected chi connectivity index (χ1v) is 7.29. The van der Waals surface area contributed by atoms with Gasteiger partial charge in [0.1, 0.15) is 0 Å². The summed E-state index contributed by atoms with van der Waals surface area (Å²) in [5.41, 5.74) is -0.122. The summed E-state index contributed by atoms with van der Waals surface area (Å²) in [5.74, 6) is -0.741. The molecule has 0 radical (unpaired) electrons. The van der Waals surface area contributed by atoms with Crippen LogP contribution in [0.5, 0.6) is 0 Å². The van der Waals surface area contributed by atoms with E-state index >= 15 is 0 Å². The average molecular weight is 377 g/mol. The summed E-state index contributed by atoms with van der Waals surface area (Å²) in [7, 11) is 1.85. The summed E-state index contributed by atoms with van der Waals surface area (Å²) < 4.78 is 1.82. The lowest BCUT2D eigenvalue weighted by Gasteiger charge is -2.20. The first-order chi connectivity index (χ1) is 8.37. The molecular weight excluding hydrogens is 362 g/mol. The monoisotopic (exact) mass is 375 g/mol. The maximum Gasteiger partial charge on any atom is 0.314 e. The van der Waals surface area contributed by atoms with Crippen molar-refractivity contribution >= 4 is 37.8 Å². The first-order valence-electron chi connectivity index (χ1n) is 5.71. The number of hydrogen-bond acceptors (Lipinski definition) is 2. The standard InChI is InChI=1S/C13H15Br2NO2/c1-12(7-16-2)6-13(12,11(17)18)8-3-4-9(14)10(15)5-8/h3-5,16H,6-7H2,1-2H3,(H,17,18)/t12-,13-/m0/s1. The molecule has 98 valence electrons. The van der Waals surface area contributed by atoms with Crippen LogP contribution < -0.4 is 5.32 Å². The molecule has 2 rings (SSSR count). The van der Waals surface area contributed by atoms with Crippen LogP contribution >= 0.6 is 31.9 Å². The second-order valence-corrected chi connectivity index (χ2v) is 6.82. The zero-order valence-electron chi connectivity index (χ0n) is 10.3. The van der Waals surface area contributed by atoms with Gasteiger partial charge in [0.25, 0.3) is 0 Å². The lowest BCUT2D eigenvalue weighted by Crippen LogP contribution is -2.32. The van der Waals surface area contributed by atoms with Crippen molar-refractivity contribution in [1.29, 1.82) is 0 Å². The Kier molecular flexibility index (Phi) is 3.60. The van der Waals surface area contributed by atoms with Crippen molar-refractivity contribution in [3.8, 4) is 0 Å². The van der Waals surface area contributed by atoms with Gasteiger partial charge in [-0.3, -0.25) is 4.79 Å². The SMILES string of the molecule is CNC[C@]1(C)C[C@@]1(C(=O)O)c1ccc(Br)c(Br)c1. The second kappa shape index (κ2) is 4.62. The van der Waals surface area contributed by atoms with Gasteiger partial charge in [-0.2, -0.15) is 0 Å². The van der Waals surface area contributed by atoms with Gasteiger partial charge in [-0.15, -0.1) is 0 Å². The van der Waals surface area contributed by atoms with Gasteiger partial charge in [0.05, 0.1) is 5.41 Å². The molecule has 1 fully saturated rings. The van der Waals surface area contributed by atoms with Gasteiger partial charge in [0.15, 0.2) is 0 Å². The predicted octanol–water partition coefficient (Wildman–Crippen LogP) is 3.16. The molecule has 1 aliphatic rings. The van der Waals surface area contributed by atoms with Crippen LogP contribution in [0.1, 0.15) is 18.9 Å². The molecule has 0 amide bonds. The van der Waals surface area contributed by atoms with E-state index in [0.717, 1.165) is 14.5 Å². The minimum Gasteiger partial charge on any atom is -0.481 e. The molecule has 1 aliphatic carbocycles. The summed E-state index contributed by atoms with van der Waals surface area (Å²) in [6.07, 6.45) is 0.671. The highest BCUT2D eigenvalue weighted by molar-refractivity contribution is 9.13. The number of carboxylic acid groups (broad SMARTS) is 1. The molecule has 2 N–H and O–H groups in total. The van der Waals surface area contributed by atoms with E-state index in [1.165, 1.54) is 0 Å². The Morgan fingerprint density at radius 3 is 2.61 bits per heavy atom. The van der Waals surface area contributed by atoms with Crippen molar-refractivity contribution in [1.82, 2.24) is 5.32 Å². The molecule has 0 unspecified atom stereocenters. The Bertz CT molecular complexity index is 506. The molecule has 5 heteroatoms. The number of carboxylic acids is 1. The topological polar surface area (TPSA) is 49.3 Å². The van der Waals surface area contributed by atoms with Gasteiger partial charge < -0.3 is 10.4 Å². The average Bonchev–Trinajstić information content (AvgIpc) is 2.90. The number of aliphatic carboxylic acids is 1. The van der Waals surface area contributed by atoms with Gasteiger partial charge in [0, 0.05) is 20.9 Å². The molecule has 2 atom stereocenters. The minimum atomic E-state index is -0.765. The van der Waals surface area contributed by atoms with Gasteiger partial charge in [-0.1, -0.05) is 13.0 Å². The Morgan fingerprint density at radius 2 is 2.11 bits per heavy atom. The first kappa shape index (κ1) is 14.0. The highest BCUT2D eigenvalue weighted by Crippen LogP contribution is 2.64. The maximum absolute atomic E-state index is 11.7. The third kappa shape index (κ3) is 1.92. The van der Waals surface area contributed by atoms with Crippen molar-refractivity contribution in [2.45, 2.75) is 18.8 Å². The smallest absolute Gasteiger partial charge is 0.314 e. The van der Waals surface area contributed by atoms with Crippen molar-refractivity contribution in [3.63, 3.8) is 0 Å². The number of nitrogens with one attached hydrogen (secondary N) is 1. The number of carbonyl (C=O) groups is 1. The van der Waals surface area contributed by atoms with Crippen molar-refractivity contribution in [2.24, 2.45) is 5.41 Å². The summed E-state index contributed by atoms with van der Waals surface area (Å²) in [6, 6.07) is 5.69. The van der Waals surface area contributed by atoms with Crippen molar-refractivity contribution in [3.05, 3.63) is 32.7 Å². The quantitative estimate of drug-likeness (QED) is 0.848. The van der Waals surface area contributed by atoms with E-state index in [1.807, 2.05) is 32.2 Å². The van der Waals surface area contributed by atoms with Crippen LogP contribution in [0.15, 0.2) is 27.1 Å². The molecule has 3 nitrogen and oxygen atoms in total. The van der Waals surface area contributed by atoms with Crippen LogP contribution in [0.3, 0.4) is 0 Å². The summed E-state index contributed by atoms with van der Waals surface area (Å²) in [4.78, 5) is 11.7. The number of hydrogen-bond donors (Lipinski definition) is 2. The number of halogens is 2. The van der Waals surface area contributed by atoms with Crippen LogP contribution in [0.4, 0.5) is 0 Å². The molecule has 1 aromatic rings. The van der Waals surface area contributed by atoms with Gasteiger partial charge in [0.2, 0.25) is 0 Å². The molecule has 0 heterocycles. The molecule has 0 aromatic heterocycles. The van der Waals surface area contributed by atoms with E-state index in [4.69, 9.17) is 0 Å². The molecule has 1 saturated carbocycles. The highest BCUT2D eigenvalue weighted by Gasteiger charge is 2.70. The highest BCUT2D eigenvalue weighted by atomic mass is 79.9. The van der Waals surface area contributed by atoms with Crippen LogP contribution in [-0.2, 0) is 10.2 Å². The van der Waals surface area contributed by atoms with Crippen LogP contribution in [0, 0.1) is 5.41 Å². The van der Waals surface area contributed by atoms with E-state index < -0.39 is 11.4 Å². The fraction of sp³-hybridized carbons (Fsp3) is 0.462. The molecular formula is C13H15Br2NO2. The molecule has 0 bridgehead atoms. The fourth-order valence-corrected chi connectivity index (χ4v) is 3.44. The Hall–Kier alpha value is -0.390. The summed E-state index contributed by atoms with van der Waals surface area (Å²) >= 11 is 6.84. The number of rotatable bonds is 4. The van der Waals surface area contributed by atoms with Crippen LogP contribution in [-0.4, -0.2) is 24.7 Å². The Balaban J connectivity index is 2.45. The normalized spacial score (nSPS) is 30.2. The van der Waals surface area contributed by atoms with E-state index in [1.54, 1.807) is 0 Å². The molecule has 1 aromatic carbocycles. The predicted molar refractivity (Wildman–Crippen MR) is 77.8 cm³/mol. The van der Waals surface area contributed by atoms with Crippen LogP contribution in [0.25, 0.3) is 0 Å². The molecule has 0 aliphatic heterocycles. The largest absolute Gasteiger partial charge is 0.481 e. The summed E-state index contributed by atoms with van der Waals surface area (Å²) in [5, 5.41) is 12.7. The molecule has 0 spiro atoms. The van der Waals surface area contributed by atoms with Gasteiger partial charge >= 0.3 is 5.97 Å². The van der Waals surface area contributed by atoms with Crippen molar-refractivity contribution < 1.29 is 9.90 Å². The van der Waals surface area contributed by atoms with Gasteiger partial charge in [-0.25, -0.2) is 0 Å². The van der Waals surface area contributed by atoms with E-state index in [9.17, 15) is 9.90 Å². The minimum absolute atomic E-state index is 0.221. The third-order valence-corrected chi connectivity index (χ3v) is 5.78.